The van der Waals surface area contributed by atoms with Crippen LogP contribution in [0.1, 0.15) is 15.9 Å². The summed E-state index contributed by atoms with van der Waals surface area (Å²) in [6.45, 7) is 0.130. The fraction of sp³-hybridized carbons (Fsp3) is 0.0769. The number of rotatable bonds is 3. The molecule has 7 nitrogen and oxygen atoms in total. The van der Waals surface area contributed by atoms with E-state index in [1.54, 1.807) is 24.5 Å². The highest BCUT2D eigenvalue weighted by atomic mass is 16.8. The third kappa shape index (κ3) is 2.28. The molecule has 0 saturated heterocycles. The van der Waals surface area contributed by atoms with E-state index >= 15 is 0 Å². The van der Waals surface area contributed by atoms with Gasteiger partial charge in [0.2, 0.25) is 11.0 Å². The molecule has 0 N–H and O–H groups in total. The Morgan fingerprint density at radius 1 is 1.40 bits per heavy atom. The summed E-state index contributed by atoms with van der Waals surface area (Å²) in [6.07, 6.45) is 3.26. The molecule has 0 aliphatic rings. The quantitative estimate of drug-likeness (QED) is 0.525. The van der Waals surface area contributed by atoms with Crippen LogP contribution in [0.15, 0.2) is 47.4 Å². The molecule has 7 heteroatoms. The average molecular weight is 271 g/mol. The van der Waals surface area contributed by atoms with Gasteiger partial charge in [-0.1, -0.05) is 6.07 Å². The molecule has 1 aromatic carbocycles. The molecule has 100 valence electrons. The molecule has 0 spiro atoms. The normalized spacial score (nSPS) is 10.6. The minimum atomic E-state index is -0.504. The Kier molecular flexibility index (Phi) is 3.00. The number of fused-ring (bicyclic) bond motifs is 1. The maximum absolute atomic E-state index is 11.9. The van der Waals surface area contributed by atoms with Gasteiger partial charge in [-0.25, -0.2) is 4.79 Å². The average Bonchev–Trinajstić information content (AvgIpc) is 2.87. The summed E-state index contributed by atoms with van der Waals surface area (Å²) in [5, 5.41) is 14.7. The molecule has 0 aliphatic heterocycles. The van der Waals surface area contributed by atoms with Gasteiger partial charge in [0.25, 0.3) is 0 Å². The molecule has 0 saturated carbocycles. The van der Waals surface area contributed by atoms with Gasteiger partial charge in [-0.15, -0.1) is 0 Å². The molecule has 3 aromatic rings. The van der Waals surface area contributed by atoms with E-state index in [1.165, 1.54) is 18.2 Å². The second-order valence-corrected chi connectivity index (χ2v) is 4.07. The molecule has 20 heavy (non-hydrogen) atoms. The number of nitrogens with zero attached hydrogens (tertiary/aromatic N) is 3. The van der Waals surface area contributed by atoms with Crippen molar-refractivity contribution in [3.8, 4) is 0 Å². The fourth-order valence-corrected chi connectivity index (χ4v) is 1.72. The SMILES string of the molecule is O=C(OCc1cccnc1)c1ccc2c(c1)no[n+]2[O-]. The maximum Gasteiger partial charge on any atom is 0.338 e. The Bertz CT molecular complexity index is 755. The van der Waals surface area contributed by atoms with Crippen LogP contribution in [0.25, 0.3) is 11.0 Å². The van der Waals surface area contributed by atoms with Crippen LogP contribution in [-0.2, 0) is 11.3 Å². The van der Waals surface area contributed by atoms with Crippen molar-refractivity contribution in [3.05, 3.63) is 59.1 Å². The molecule has 0 bridgehead atoms. The van der Waals surface area contributed by atoms with Gasteiger partial charge < -0.3 is 9.94 Å². The molecular formula is C13H9N3O4. The van der Waals surface area contributed by atoms with Crippen molar-refractivity contribution in [2.24, 2.45) is 0 Å². The first-order valence-corrected chi connectivity index (χ1v) is 5.79. The first-order chi connectivity index (χ1) is 9.74. The summed E-state index contributed by atoms with van der Waals surface area (Å²) in [7, 11) is 0. The van der Waals surface area contributed by atoms with Gasteiger partial charge in [0, 0.05) is 29.2 Å². The number of hydrogen-bond acceptors (Lipinski definition) is 6. The number of carbonyl (C=O) groups is 1. The highest BCUT2D eigenvalue weighted by Gasteiger charge is 2.14. The van der Waals surface area contributed by atoms with E-state index < -0.39 is 5.97 Å². The fourth-order valence-electron chi connectivity index (χ4n) is 1.72. The van der Waals surface area contributed by atoms with Crippen molar-refractivity contribution < 1.29 is 19.1 Å². The van der Waals surface area contributed by atoms with Gasteiger partial charge in [0.05, 0.1) is 5.56 Å². The van der Waals surface area contributed by atoms with Gasteiger partial charge >= 0.3 is 5.97 Å². The van der Waals surface area contributed by atoms with E-state index in [2.05, 4.69) is 14.8 Å². The van der Waals surface area contributed by atoms with E-state index in [0.717, 1.165) is 5.56 Å². The van der Waals surface area contributed by atoms with E-state index in [-0.39, 0.29) is 17.0 Å². The molecule has 3 rings (SSSR count). The lowest BCUT2D eigenvalue weighted by Gasteiger charge is -2.03. The number of benzene rings is 1. The van der Waals surface area contributed by atoms with E-state index in [1.807, 2.05) is 0 Å². The number of ether oxygens (including phenoxy) is 1. The van der Waals surface area contributed by atoms with Gasteiger partial charge in [-0.3, -0.25) is 9.61 Å². The molecule has 2 heterocycles. The lowest BCUT2D eigenvalue weighted by Crippen LogP contribution is -2.22. The Morgan fingerprint density at radius 2 is 2.30 bits per heavy atom. The third-order valence-electron chi connectivity index (χ3n) is 2.71. The molecule has 0 aliphatic carbocycles. The van der Waals surface area contributed by atoms with Crippen molar-refractivity contribution >= 4 is 17.0 Å². The molecule has 0 radical (unpaired) electrons. The van der Waals surface area contributed by atoms with Crippen LogP contribution in [-0.4, -0.2) is 16.1 Å². The molecule has 0 amide bonds. The summed E-state index contributed by atoms with van der Waals surface area (Å²) in [6, 6.07) is 7.96. The predicted molar refractivity (Wildman–Crippen MR) is 66.3 cm³/mol. The van der Waals surface area contributed by atoms with Crippen LogP contribution in [0.2, 0.25) is 0 Å². The summed E-state index contributed by atoms with van der Waals surface area (Å²) >= 11 is 0. The number of aromatic nitrogens is 3. The molecule has 0 unspecified atom stereocenters. The smallest absolute Gasteiger partial charge is 0.338 e. The van der Waals surface area contributed by atoms with Crippen LogP contribution < -0.4 is 4.90 Å². The third-order valence-corrected chi connectivity index (χ3v) is 2.71. The largest absolute Gasteiger partial charge is 0.457 e. The molecule has 0 atom stereocenters. The first-order valence-electron chi connectivity index (χ1n) is 5.79. The Balaban J connectivity index is 1.75. The van der Waals surface area contributed by atoms with Crippen LogP contribution in [0.5, 0.6) is 0 Å². The minimum absolute atomic E-state index is 0.130. The van der Waals surface area contributed by atoms with Gasteiger partial charge in [-0.2, -0.15) is 0 Å². The molecular weight excluding hydrogens is 262 g/mol. The molecule has 2 aromatic heterocycles. The number of hydrogen-bond donors (Lipinski definition) is 0. The zero-order chi connectivity index (χ0) is 13.9. The van der Waals surface area contributed by atoms with Crippen LogP contribution >= 0.6 is 0 Å². The summed E-state index contributed by atoms with van der Waals surface area (Å²) in [5.74, 6) is -0.504. The summed E-state index contributed by atoms with van der Waals surface area (Å²) < 4.78 is 9.58. The Morgan fingerprint density at radius 3 is 3.10 bits per heavy atom. The standard InChI is InChI=1S/C13H9N3O4/c17-13(19-8-9-2-1-5-14-7-9)10-3-4-12-11(6-10)15-20-16(12)18/h1-7H,8H2. The van der Waals surface area contributed by atoms with Crippen molar-refractivity contribution in [2.45, 2.75) is 6.61 Å². The monoisotopic (exact) mass is 271 g/mol. The lowest BCUT2D eigenvalue weighted by atomic mass is 10.2. The lowest BCUT2D eigenvalue weighted by molar-refractivity contribution is -0.782. The minimum Gasteiger partial charge on any atom is -0.457 e. The number of esters is 1. The maximum atomic E-state index is 11.9. The topological polar surface area (TPSA) is 92.2 Å². The van der Waals surface area contributed by atoms with Gasteiger partial charge in [0.15, 0.2) is 0 Å². The van der Waals surface area contributed by atoms with Crippen molar-refractivity contribution in [1.82, 2.24) is 10.1 Å². The van der Waals surface area contributed by atoms with Gasteiger partial charge in [0.1, 0.15) is 6.61 Å². The second-order valence-electron chi connectivity index (χ2n) is 4.07. The highest BCUT2D eigenvalue weighted by Crippen LogP contribution is 2.12. The summed E-state index contributed by atoms with van der Waals surface area (Å²) in [4.78, 5) is 16.1. The number of carbonyl (C=O) groups excluding carboxylic acids is 1. The zero-order valence-electron chi connectivity index (χ0n) is 10.2. The van der Waals surface area contributed by atoms with Crippen LogP contribution in [0, 0.1) is 5.21 Å². The Hall–Kier alpha value is -2.96. The van der Waals surface area contributed by atoms with Crippen molar-refractivity contribution in [3.63, 3.8) is 0 Å². The molecule has 0 fully saturated rings. The second kappa shape index (κ2) is 4.96. The number of pyridine rings is 1. The van der Waals surface area contributed by atoms with E-state index in [9.17, 15) is 10.0 Å². The van der Waals surface area contributed by atoms with E-state index in [4.69, 9.17) is 4.74 Å². The van der Waals surface area contributed by atoms with E-state index in [0.29, 0.717) is 11.1 Å². The first kappa shape index (κ1) is 12.1. The van der Waals surface area contributed by atoms with Gasteiger partial charge in [-0.05, 0) is 23.1 Å². The highest BCUT2D eigenvalue weighted by molar-refractivity contribution is 5.92. The zero-order valence-corrected chi connectivity index (χ0v) is 10.2. The van der Waals surface area contributed by atoms with Crippen LogP contribution in [0.4, 0.5) is 0 Å². The predicted octanol–water partition coefficient (Wildman–Crippen LogP) is 1.21. The van der Waals surface area contributed by atoms with Crippen molar-refractivity contribution in [2.75, 3.05) is 0 Å². The Labute approximate surface area is 112 Å². The summed E-state index contributed by atoms with van der Waals surface area (Å²) in [5.41, 5.74) is 1.65. The van der Waals surface area contributed by atoms with Crippen LogP contribution in [0.3, 0.4) is 0 Å². The van der Waals surface area contributed by atoms with Crippen molar-refractivity contribution in [1.29, 1.82) is 0 Å².